The molecule has 0 aliphatic rings. The summed E-state index contributed by atoms with van der Waals surface area (Å²) in [5, 5.41) is 9.08. The topological polar surface area (TPSA) is 68.0 Å². The van der Waals surface area contributed by atoms with Crippen LogP contribution in [0.1, 0.15) is 17.6 Å². The van der Waals surface area contributed by atoms with Crippen molar-refractivity contribution in [3.8, 4) is 28.3 Å². The predicted molar refractivity (Wildman–Crippen MR) is 72.5 cm³/mol. The Balaban J connectivity index is 2.47. The number of hydrogen-bond acceptors (Lipinski definition) is 6. The lowest BCUT2D eigenvalue weighted by atomic mass is 10.3. The maximum absolute atomic E-state index is 9.08. The van der Waals surface area contributed by atoms with E-state index >= 15 is 0 Å². The van der Waals surface area contributed by atoms with Gasteiger partial charge in [-0.15, -0.1) is 11.3 Å². The zero-order valence-corrected chi connectivity index (χ0v) is 11.7. The second kappa shape index (κ2) is 5.67. The smallest absolute Gasteiger partial charge is 0.216 e. The van der Waals surface area contributed by atoms with Gasteiger partial charge in [-0.05, 0) is 13.8 Å². The molecule has 2 heterocycles. The molecule has 0 aromatic carbocycles. The quantitative estimate of drug-likeness (QED) is 0.858. The highest BCUT2D eigenvalue weighted by atomic mass is 32.1. The first kappa shape index (κ1) is 13.3. The average molecular weight is 275 g/mol. The van der Waals surface area contributed by atoms with Crippen molar-refractivity contribution in [1.29, 1.82) is 5.26 Å². The summed E-state index contributed by atoms with van der Waals surface area (Å²) in [4.78, 5) is 9.91. The molecule has 98 valence electrons. The molecule has 0 radical (unpaired) electrons. The van der Waals surface area contributed by atoms with E-state index in [1.807, 2.05) is 13.0 Å². The van der Waals surface area contributed by atoms with E-state index in [1.54, 1.807) is 20.1 Å². The molecule has 19 heavy (non-hydrogen) atoms. The first-order chi connectivity index (χ1) is 9.17. The minimum absolute atomic E-state index is 0.507. The third-order valence-electron chi connectivity index (χ3n) is 2.38. The molecule has 0 fully saturated rings. The highest BCUT2D eigenvalue weighted by Crippen LogP contribution is 2.35. The van der Waals surface area contributed by atoms with Gasteiger partial charge in [-0.25, -0.2) is 4.98 Å². The van der Waals surface area contributed by atoms with Crippen LogP contribution in [0.25, 0.3) is 10.6 Å². The Morgan fingerprint density at radius 3 is 2.79 bits per heavy atom. The van der Waals surface area contributed by atoms with E-state index in [1.165, 1.54) is 11.3 Å². The van der Waals surface area contributed by atoms with Gasteiger partial charge in [0.05, 0.1) is 24.3 Å². The number of aryl methyl sites for hydroxylation is 1. The highest BCUT2D eigenvalue weighted by molar-refractivity contribution is 7.16. The lowest BCUT2D eigenvalue weighted by Gasteiger charge is -2.02. The molecule has 6 heteroatoms. The SMILES string of the molecule is CCOc1cc(-c2cc(OC)nc(C)n2)sc1C#N. The number of aromatic nitrogens is 2. The van der Waals surface area contributed by atoms with E-state index in [0.29, 0.717) is 28.9 Å². The summed E-state index contributed by atoms with van der Waals surface area (Å²) in [6.45, 7) is 4.21. The molecule has 0 spiro atoms. The molecule has 2 aromatic rings. The van der Waals surface area contributed by atoms with Crippen molar-refractivity contribution in [3.63, 3.8) is 0 Å². The lowest BCUT2D eigenvalue weighted by molar-refractivity contribution is 0.341. The number of rotatable bonds is 4. The second-order valence-electron chi connectivity index (χ2n) is 3.69. The third-order valence-corrected chi connectivity index (χ3v) is 3.42. The van der Waals surface area contributed by atoms with Gasteiger partial charge in [0.1, 0.15) is 22.5 Å². The van der Waals surface area contributed by atoms with Crippen molar-refractivity contribution >= 4 is 11.3 Å². The number of hydrogen-bond donors (Lipinski definition) is 0. The minimum atomic E-state index is 0.507. The number of nitriles is 1. The van der Waals surface area contributed by atoms with Crippen LogP contribution < -0.4 is 9.47 Å². The van der Waals surface area contributed by atoms with Crippen LogP contribution in [-0.4, -0.2) is 23.7 Å². The molecule has 0 unspecified atom stereocenters. The van der Waals surface area contributed by atoms with Gasteiger partial charge < -0.3 is 9.47 Å². The molecule has 2 aromatic heterocycles. The molecular weight excluding hydrogens is 262 g/mol. The van der Waals surface area contributed by atoms with E-state index in [0.717, 1.165) is 10.6 Å². The van der Waals surface area contributed by atoms with Crippen LogP contribution in [-0.2, 0) is 0 Å². The van der Waals surface area contributed by atoms with Gasteiger partial charge in [-0.3, -0.25) is 0 Å². The third kappa shape index (κ3) is 2.83. The molecule has 0 saturated carbocycles. The van der Waals surface area contributed by atoms with Crippen LogP contribution in [0.3, 0.4) is 0 Å². The Morgan fingerprint density at radius 2 is 2.16 bits per heavy atom. The number of ether oxygens (including phenoxy) is 2. The largest absolute Gasteiger partial charge is 0.492 e. The molecule has 0 aliphatic heterocycles. The van der Waals surface area contributed by atoms with Crippen LogP contribution in [0.2, 0.25) is 0 Å². The van der Waals surface area contributed by atoms with Crippen LogP contribution in [0.4, 0.5) is 0 Å². The average Bonchev–Trinajstić information content (AvgIpc) is 2.81. The van der Waals surface area contributed by atoms with Gasteiger partial charge in [0.25, 0.3) is 0 Å². The first-order valence-electron chi connectivity index (χ1n) is 5.74. The van der Waals surface area contributed by atoms with Crippen molar-refractivity contribution in [3.05, 3.63) is 22.8 Å². The summed E-state index contributed by atoms with van der Waals surface area (Å²) < 4.78 is 10.6. The highest BCUT2D eigenvalue weighted by Gasteiger charge is 2.13. The Hall–Kier alpha value is -2.13. The Kier molecular flexibility index (Phi) is 3.97. The zero-order chi connectivity index (χ0) is 13.8. The Labute approximate surface area is 115 Å². The predicted octanol–water partition coefficient (Wildman–Crippen LogP) is 2.79. The molecule has 0 N–H and O–H groups in total. The fourth-order valence-corrected chi connectivity index (χ4v) is 2.47. The van der Waals surface area contributed by atoms with E-state index in [-0.39, 0.29) is 0 Å². The summed E-state index contributed by atoms with van der Waals surface area (Å²) in [6.07, 6.45) is 0. The van der Waals surface area contributed by atoms with Crippen molar-refractivity contribution in [2.75, 3.05) is 13.7 Å². The monoisotopic (exact) mass is 275 g/mol. The summed E-state index contributed by atoms with van der Waals surface area (Å²) >= 11 is 1.35. The van der Waals surface area contributed by atoms with Crippen LogP contribution in [0, 0.1) is 18.3 Å². The molecule has 0 atom stereocenters. The van der Waals surface area contributed by atoms with Gasteiger partial charge >= 0.3 is 0 Å². The Bertz CT molecular complexity index is 631. The van der Waals surface area contributed by atoms with Gasteiger partial charge in [-0.1, -0.05) is 0 Å². The molecule has 5 nitrogen and oxygen atoms in total. The summed E-state index contributed by atoms with van der Waals surface area (Å²) in [6, 6.07) is 5.71. The fourth-order valence-electron chi connectivity index (χ4n) is 1.61. The van der Waals surface area contributed by atoms with Crippen LogP contribution in [0.15, 0.2) is 12.1 Å². The van der Waals surface area contributed by atoms with Crippen molar-refractivity contribution in [2.45, 2.75) is 13.8 Å². The zero-order valence-electron chi connectivity index (χ0n) is 10.9. The van der Waals surface area contributed by atoms with E-state index in [2.05, 4.69) is 16.0 Å². The molecular formula is C13H13N3O2S. The molecule has 0 bridgehead atoms. The number of thiophene rings is 1. The maximum Gasteiger partial charge on any atom is 0.216 e. The maximum atomic E-state index is 9.08. The minimum Gasteiger partial charge on any atom is -0.492 e. The first-order valence-corrected chi connectivity index (χ1v) is 6.56. The normalized spacial score (nSPS) is 10.0. The number of nitrogens with zero attached hydrogens (tertiary/aromatic N) is 3. The molecule has 0 aliphatic carbocycles. The van der Waals surface area contributed by atoms with Crippen molar-refractivity contribution < 1.29 is 9.47 Å². The summed E-state index contributed by atoms with van der Waals surface area (Å²) in [5.74, 6) is 1.73. The summed E-state index contributed by atoms with van der Waals surface area (Å²) in [7, 11) is 1.56. The van der Waals surface area contributed by atoms with Crippen molar-refractivity contribution in [2.24, 2.45) is 0 Å². The summed E-state index contributed by atoms with van der Waals surface area (Å²) in [5.41, 5.74) is 0.733. The standard InChI is InChI=1S/C13H13N3O2S/c1-4-18-10-6-11(19-12(10)7-14)9-5-13(17-3)16-8(2)15-9/h5-6H,4H2,1-3H3. The number of methoxy groups -OCH3 is 1. The van der Waals surface area contributed by atoms with Crippen LogP contribution in [0.5, 0.6) is 11.6 Å². The van der Waals surface area contributed by atoms with Gasteiger partial charge in [0, 0.05) is 12.1 Å². The Morgan fingerprint density at radius 1 is 1.37 bits per heavy atom. The van der Waals surface area contributed by atoms with Crippen molar-refractivity contribution in [1.82, 2.24) is 9.97 Å². The molecule has 0 saturated heterocycles. The second-order valence-corrected chi connectivity index (χ2v) is 4.74. The van der Waals surface area contributed by atoms with Gasteiger partial charge in [0.15, 0.2) is 0 Å². The van der Waals surface area contributed by atoms with Gasteiger partial charge in [0.2, 0.25) is 5.88 Å². The van der Waals surface area contributed by atoms with Crippen LogP contribution >= 0.6 is 11.3 Å². The van der Waals surface area contributed by atoms with Gasteiger partial charge in [-0.2, -0.15) is 10.2 Å². The lowest BCUT2D eigenvalue weighted by Crippen LogP contribution is -1.94. The molecule has 0 amide bonds. The van der Waals surface area contributed by atoms with E-state index in [9.17, 15) is 0 Å². The molecule has 2 rings (SSSR count). The van der Waals surface area contributed by atoms with E-state index < -0.39 is 0 Å². The van der Waals surface area contributed by atoms with E-state index in [4.69, 9.17) is 14.7 Å². The fraction of sp³-hybridized carbons (Fsp3) is 0.308.